The third kappa shape index (κ3) is 48.5. The van der Waals surface area contributed by atoms with Crippen molar-refractivity contribution >= 4 is 13.7 Å². The van der Waals surface area contributed by atoms with Gasteiger partial charge >= 0.3 is 0 Å². The summed E-state index contributed by atoms with van der Waals surface area (Å²) in [5, 5.41) is 13.8. The van der Waals surface area contributed by atoms with Gasteiger partial charge in [-0.2, -0.15) is 0 Å². The predicted octanol–water partition coefficient (Wildman–Crippen LogP) is 15.2. The Hall–Kier alpha value is -1.28. The Bertz CT molecular complexity index is 1120. The third-order valence-electron chi connectivity index (χ3n) is 12.1. The summed E-state index contributed by atoms with van der Waals surface area (Å²) in [6.07, 6.45) is 58.1. The van der Waals surface area contributed by atoms with Crippen LogP contribution in [0.25, 0.3) is 0 Å². The zero-order chi connectivity index (χ0) is 46.4. The summed E-state index contributed by atoms with van der Waals surface area (Å²) in [6.45, 7) is 4.61. The molecule has 3 unspecified atom stereocenters. The summed E-state index contributed by atoms with van der Waals surface area (Å²) in [7, 11) is 1.24. The van der Waals surface area contributed by atoms with Gasteiger partial charge in [0.25, 0.3) is 7.82 Å². The van der Waals surface area contributed by atoms with E-state index in [1.54, 1.807) is 6.08 Å². The van der Waals surface area contributed by atoms with E-state index in [1.165, 1.54) is 173 Å². The minimum atomic E-state index is -4.60. The number of aliphatic hydroxyl groups excluding tert-OH is 1. The molecule has 0 aliphatic rings. The molecule has 0 fully saturated rings. The summed E-state index contributed by atoms with van der Waals surface area (Å²) >= 11 is 0. The van der Waals surface area contributed by atoms with Gasteiger partial charge in [-0.3, -0.25) is 9.36 Å². The van der Waals surface area contributed by atoms with Crippen molar-refractivity contribution in [3.63, 3.8) is 0 Å². The molecule has 2 N–H and O–H groups in total. The molecule has 0 aliphatic heterocycles. The van der Waals surface area contributed by atoms with Crippen molar-refractivity contribution in [2.45, 2.75) is 264 Å². The molecular weight excluding hydrogens is 804 g/mol. The zero-order valence-corrected chi connectivity index (χ0v) is 43.2. The summed E-state index contributed by atoms with van der Waals surface area (Å²) in [5.41, 5.74) is 0. The Labute approximate surface area is 391 Å². The van der Waals surface area contributed by atoms with E-state index in [2.05, 4.69) is 43.5 Å². The molecule has 9 heteroatoms. The number of carbonyl (C=O) groups excluding carboxylic acids is 1. The number of nitrogens with zero attached hydrogens (tertiary/aromatic N) is 1. The number of rotatable bonds is 49. The van der Waals surface area contributed by atoms with Crippen molar-refractivity contribution in [2.75, 3.05) is 40.9 Å². The van der Waals surface area contributed by atoms with Gasteiger partial charge in [-0.25, -0.2) is 0 Å². The van der Waals surface area contributed by atoms with Crippen LogP contribution in [0.1, 0.15) is 251 Å². The lowest BCUT2D eigenvalue weighted by Crippen LogP contribution is -2.45. The van der Waals surface area contributed by atoms with Crippen molar-refractivity contribution in [1.82, 2.24) is 5.32 Å². The average molecular weight is 909 g/mol. The Kier molecular flexibility index (Phi) is 44.9. The Balaban J connectivity index is 4.17. The van der Waals surface area contributed by atoms with E-state index < -0.39 is 26.6 Å². The predicted molar refractivity (Wildman–Crippen MR) is 270 cm³/mol. The molecule has 0 aliphatic carbocycles. The van der Waals surface area contributed by atoms with Crippen molar-refractivity contribution in [2.24, 2.45) is 0 Å². The molecule has 0 radical (unpaired) electrons. The fourth-order valence-electron chi connectivity index (χ4n) is 7.81. The van der Waals surface area contributed by atoms with Gasteiger partial charge < -0.3 is 28.8 Å². The van der Waals surface area contributed by atoms with Gasteiger partial charge in [0, 0.05) is 6.42 Å². The van der Waals surface area contributed by atoms with Gasteiger partial charge in [-0.15, -0.1) is 0 Å². The molecule has 0 aromatic heterocycles. The lowest BCUT2D eigenvalue weighted by atomic mass is 10.0. The number of quaternary nitrogens is 1. The first-order valence-electron chi connectivity index (χ1n) is 26.9. The molecule has 8 nitrogen and oxygen atoms in total. The number of phosphoric ester groups is 1. The van der Waals surface area contributed by atoms with Crippen LogP contribution in [-0.2, 0) is 18.4 Å². The molecule has 0 saturated heterocycles. The summed E-state index contributed by atoms with van der Waals surface area (Å²) in [6, 6.07) is -0.906. The third-order valence-corrected chi connectivity index (χ3v) is 13.0. The van der Waals surface area contributed by atoms with E-state index in [9.17, 15) is 19.4 Å². The van der Waals surface area contributed by atoms with Crippen LogP contribution in [-0.4, -0.2) is 68.5 Å². The second-order valence-corrected chi connectivity index (χ2v) is 21.0. The van der Waals surface area contributed by atoms with Gasteiger partial charge in [-0.1, -0.05) is 224 Å². The molecule has 0 aromatic rings. The highest BCUT2D eigenvalue weighted by molar-refractivity contribution is 7.45. The van der Waals surface area contributed by atoms with E-state index in [1.807, 2.05) is 27.2 Å². The van der Waals surface area contributed by atoms with Crippen LogP contribution in [0, 0.1) is 0 Å². The number of hydrogen-bond acceptors (Lipinski definition) is 6. The highest BCUT2D eigenvalue weighted by atomic mass is 31.2. The lowest BCUT2D eigenvalue weighted by Gasteiger charge is -2.29. The Morgan fingerprint density at radius 3 is 1.32 bits per heavy atom. The largest absolute Gasteiger partial charge is 0.756 e. The molecule has 0 spiro atoms. The number of phosphoric acid groups is 1. The zero-order valence-electron chi connectivity index (χ0n) is 42.3. The maximum atomic E-state index is 12.9. The average Bonchev–Trinajstić information content (AvgIpc) is 3.24. The quantitative estimate of drug-likeness (QED) is 0.0272. The van der Waals surface area contributed by atoms with E-state index in [0.29, 0.717) is 17.4 Å². The molecule has 0 saturated carbocycles. The van der Waals surface area contributed by atoms with E-state index >= 15 is 0 Å². The van der Waals surface area contributed by atoms with Gasteiger partial charge in [0.2, 0.25) is 5.91 Å². The molecule has 0 heterocycles. The van der Waals surface area contributed by atoms with Crippen LogP contribution >= 0.6 is 7.82 Å². The second-order valence-electron chi connectivity index (χ2n) is 19.6. The van der Waals surface area contributed by atoms with E-state index in [4.69, 9.17) is 9.05 Å². The highest BCUT2D eigenvalue weighted by Crippen LogP contribution is 2.38. The maximum Gasteiger partial charge on any atom is 0.268 e. The molecule has 1 amide bonds. The molecular formula is C54H105N2O6P. The second kappa shape index (κ2) is 45.9. The minimum absolute atomic E-state index is 0.00776. The standard InChI is InChI=1S/C54H105N2O6P/c1-6-8-10-12-14-16-18-20-21-22-23-24-25-26-27-28-29-30-31-32-33-34-35-36-37-39-41-43-45-47-53(57)52(51-62-63(59,60)61-50-49-56(3,4)5)55-54(58)48-46-44-42-40-38-19-17-15-13-11-9-7-2/h15,17,37,39,45,47,52-53,57H,6-14,16,18-36,38,40-44,46,48-51H2,1-5H3,(H-,55,58,59,60)/b17-15-,39-37+,47-45+. The minimum Gasteiger partial charge on any atom is -0.756 e. The molecule has 0 rings (SSSR count). The first-order chi connectivity index (χ1) is 30.5. The van der Waals surface area contributed by atoms with Crippen molar-refractivity contribution < 1.29 is 32.9 Å². The molecule has 0 bridgehead atoms. The number of amides is 1. The topological polar surface area (TPSA) is 108 Å². The Morgan fingerprint density at radius 1 is 0.540 bits per heavy atom. The number of hydrogen-bond donors (Lipinski definition) is 2. The molecule has 0 aromatic carbocycles. The number of aliphatic hydroxyl groups is 1. The number of unbranched alkanes of at least 4 members (excludes halogenated alkanes) is 32. The summed E-state index contributed by atoms with van der Waals surface area (Å²) in [5.74, 6) is -0.216. The van der Waals surface area contributed by atoms with Crippen molar-refractivity contribution in [1.29, 1.82) is 0 Å². The smallest absolute Gasteiger partial charge is 0.268 e. The van der Waals surface area contributed by atoms with Crippen LogP contribution in [0.4, 0.5) is 0 Å². The van der Waals surface area contributed by atoms with Crippen molar-refractivity contribution in [3.8, 4) is 0 Å². The Morgan fingerprint density at radius 2 is 0.889 bits per heavy atom. The molecule has 372 valence electrons. The van der Waals surface area contributed by atoms with Crippen LogP contribution in [0.15, 0.2) is 36.5 Å². The number of allylic oxidation sites excluding steroid dienone is 5. The molecule has 63 heavy (non-hydrogen) atoms. The van der Waals surface area contributed by atoms with Gasteiger partial charge in [-0.05, 0) is 57.8 Å². The monoisotopic (exact) mass is 909 g/mol. The van der Waals surface area contributed by atoms with Crippen LogP contribution in [0.2, 0.25) is 0 Å². The lowest BCUT2D eigenvalue weighted by molar-refractivity contribution is -0.870. The number of nitrogens with one attached hydrogen (secondary N) is 1. The number of carbonyl (C=O) groups is 1. The SMILES string of the molecule is CCCCC/C=C\CCCCCCCC(=O)NC(COP(=O)([O-])OCC[N+](C)(C)C)C(O)/C=C/CC/C=C/CCCCCCCCCCCCCCCCCCCCCCCCC. The summed E-state index contributed by atoms with van der Waals surface area (Å²) in [4.78, 5) is 25.3. The van der Waals surface area contributed by atoms with E-state index in [0.717, 1.165) is 57.8 Å². The van der Waals surface area contributed by atoms with E-state index in [-0.39, 0.29) is 12.5 Å². The van der Waals surface area contributed by atoms with Gasteiger partial charge in [0.15, 0.2) is 0 Å². The first kappa shape index (κ1) is 61.7. The van der Waals surface area contributed by atoms with Crippen LogP contribution in [0.5, 0.6) is 0 Å². The van der Waals surface area contributed by atoms with Gasteiger partial charge in [0.05, 0.1) is 39.9 Å². The van der Waals surface area contributed by atoms with Crippen molar-refractivity contribution in [3.05, 3.63) is 36.5 Å². The van der Waals surface area contributed by atoms with Crippen LogP contribution < -0.4 is 10.2 Å². The maximum absolute atomic E-state index is 12.9. The fraction of sp³-hybridized carbons (Fsp3) is 0.870. The fourth-order valence-corrected chi connectivity index (χ4v) is 8.53. The highest BCUT2D eigenvalue weighted by Gasteiger charge is 2.23. The first-order valence-corrected chi connectivity index (χ1v) is 28.3. The molecule has 3 atom stereocenters. The normalized spacial score (nSPS) is 14.3. The number of likely N-dealkylation sites (N-methyl/N-ethyl adjacent to an activating group) is 1. The van der Waals surface area contributed by atoms with Gasteiger partial charge in [0.1, 0.15) is 13.2 Å². The summed E-state index contributed by atoms with van der Waals surface area (Å²) < 4.78 is 23.2. The van der Waals surface area contributed by atoms with Crippen LogP contribution in [0.3, 0.4) is 0 Å².